The van der Waals surface area contributed by atoms with Gasteiger partial charge in [-0.15, -0.1) is 0 Å². The number of rotatable bonds is 3. The van der Waals surface area contributed by atoms with Crippen molar-refractivity contribution in [2.24, 2.45) is 0 Å². The maximum absolute atomic E-state index is 13.3. The van der Waals surface area contributed by atoms with Crippen LogP contribution in [0.3, 0.4) is 0 Å². The second-order valence-electron chi connectivity index (χ2n) is 4.27. The van der Waals surface area contributed by atoms with Crippen LogP contribution < -0.4 is 10.5 Å². The van der Waals surface area contributed by atoms with Gasteiger partial charge >= 0.3 is 0 Å². The van der Waals surface area contributed by atoms with Gasteiger partial charge in [-0.25, -0.2) is 17.2 Å². The fraction of sp³-hybridized carbons (Fsp3) is 0.0769. The predicted molar refractivity (Wildman–Crippen MR) is 72.8 cm³/mol. The Morgan fingerprint density at radius 3 is 2.50 bits per heavy atom. The molecule has 2 aromatic carbocycles. The Bertz CT molecular complexity index is 741. The summed E-state index contributed by atoms with van der Waals surface area (Å²) < 4.78 is 52.9. The van der Waals surface area contributed by atoms with E-state index in [1.807, 2.05) is 0 Å². The molecule has 0 aromatic heterocycles. The van der Waals surface area contributed by atoms with Crippen LogP contribution in [0.15, 0.2) is 41.3 Å². The molecule has 2 rings (SSSR count). The summed E-state index contributed by atoms with van der Waals surface area (Å²) in [7, 11) is -4.08. The Morgan fingerprint density at radius 2 is 1.85 bits per heavy atom. The summed E-state index contributed by atoms with van der Waals surface area (Å²) in [6.07, 6.45) is 0. The number of halogens is 2. The van der Waals surface area contributed by atoms with E-state index in [0.29, 0.717) is 5.56 Å². The maximum Gasteiger partial charge on any atom is 0.264 e. The van der Waals surface area contributed by atoms with E-state index >= 15 is 0 Å². The van der Waals surface area contributed by atoms with Crippen molar-refractivity contribution in [1.29, 1.82) is 0 Å². The zero-order valence-electron chi connectivity index (χ0n) is 10.5. The Hall–Kier alpha value is -2.15. The summed E-state index contributed by atoms with van der Waals surface area (Å²) in [6, 6.07) is 7.20. The van der Waals surface area contributed by atoms with Crippen LogP contribution in [0.5, 0.6) is 0 Å². The highest BCUT2D eigenvalue weighted by atomic mass is 32.2. The highest BCUT2D eigenvalue weighted by molar-refractivity contribution is 7.92. The van der Waals surface area contributed by atoms with Gasteiger partial charge in [-0.1, -0.05) is 6.07 Å². The van der Waals surface area contributed by atoms with E-state index in [-0.39, 0.29) is 10.6 Å². The van der Waals surface area contributed by atoms with E-state index in [2.05, 4.69) is 4.72 Å². The van der Waals surface area contributed by atoms with E-state index in [1.165, 1.54) is 24.3 Å². The van der Waals surface area contributed by atoms with E-state index < -0.39 is 27.3 Å². The minimum absolute atomic E-state index is 0.0474. The molecule has 0 unspecified atom stereocenters. The molecule has 106 valence electrons. The minimum atomic E-state index is -4.08. The first-order valence-corrected chi connectivity index (χ1v) is 7.12. The lowest BCUT2D eigenvalue weighted by molar-refractivity contribution is 0.597. The monoisotopic (exact) mass is 298 g/mol. The normalized spacial score (nSPS) is 11.3. The lowest BCUT2D eigenvalue weighted by atomic mass is 10.2. The molecule has 4 nitrogen and oxygen atoms in total. The molecule has 20 heavy (non-hydrogen) atoms. The van der Waals surface area contributed by atoms with Crippen molar-refractivity contribution in [2.45, 2.75) is 11.8 Å². The molecule has 0 aliphatic carbocycles. The summed E-state index contributed by atoms with van der Waals surface area (Å²) in [5, 5.41) is 0. The Morgan fingerprint density at radius 1 is 1.15 bits per heavy atom. The first-order valence-electron chi connectivity index (χ1n) is 5.63. The number of nitrogens with one attached hydrogen (secondary N) is 1. The van der Waals surface area contributed by atoms with Crippen LogP contribution in [0.25, 0.3) is 0 Å². The molecule has 0 spiro atoms. The molecule has 0 heterocycles. The first-order chi connectivity index (χ1) is 9.29. The number of nitrogens with two attached hydrogens (primary N) is 1. The number of hydrogen-bond acceptors (Lipinski definition) is 3. The number of hydrogen-bond donors (Lipinski definition) is 2. The average molecular weight is 298 g/mol. The van der Waals surface area contributed by atoms with Gasteiger partial charge in [0.15, 0.2) is 0 Å². The fourth-order valence-corrected chi connectivity index (χ4v) is 2.94. The molecule has 0 saturated heterocycles. The summed E-state index contributed by atoms with van der Waals surface area (Å²) in [6.45, 7) is 1.62. The molecule has 0 saturated carbocycles. The van der Waals surface area contributed by atoms with Crippen LogP contribution in [-0.2, 0) is 10.0 Å². The average Bonchev–Trinajstić information content (AvgIpc) is 2.30. The third kappa shape index (κ3) is 2.88. The number of benzene rings is 2. The van der Waals surface area contributed by atoms with Gasteiger partial charge in [0.05, 0.1) is 11.4 Å². The van der Waals surface area contributed by atoms with Crippen LogP contribution in [0.1, 0.15) is 5.56 Å². The van der Waals surface area contributed by atoms with Crippen molar-refractivity contribution in [1.82, 2.24) is 0 Å². The number of aryl methyl sites for hydroxylation is 1. The molecule has 7 heteroatoms. The fourth-order valence-electron chi connectivity index (χ4n) is 1.76. The standard InChI is InChI=1S/C13H12F2N2O2S/c1-8-5-9(14)7-10(6-8)17-20(18,19)12-4-2-3-11(15)13(12)16/h2-7,17H,16H2,1H3. The second kappa shape index (κ2) is 5.09. The van der Waals surface area contributed by atoms with Crippen molar-refractivity contribution in [3.63, 3.8) is 0 Å². The van der Waals surface area contributed by atoms with Gasteiger partial charge in [0.1, 0.15) is 16.5 Å². The molecular weight excluding hydrogens is 286 g/mol. The molecule has 0 atom stereocenters. The summed E-state index contributed by atoms with van der Waals surface area (Å²) in [5.41, 5.74) is 5.53. The van der Waals surface area contributed by atoms with Crippen molar-refractivity contribution in [2.75, 3.05) is 10.5 Å². The lowest BCUT2D eigenvalue weighted by Gasteiger charge is -2.11. The smallest absolute Gasteiger partial charge is 0.264 e. The molecule has 0 amide bonds. The minimum Gasteiger partial charge on any atom is -0.395 e. The number of anilines is 2. The predicted octanol–water partition coefficient (Wildman–Crippen LogP) is 2.66. The molecule has 0 radical (unpaired) electrons. The first kappa shape index (κ1) is 14.3. The van der Waals surface area contributed by atoms with Crippen LogP contribution in [-0.4, -0.2) is 8.42 Å². The Kier molecular flexibility index (Phi) is 3.63. The third-order valence-corrected chi connectivity index (χ3v) is 4.04. The van der Waals surface area contributed by atoms with Crippen molar-refractivity contribution in [3.8, 4) is 0 Å². The highest BCUT2D eigenvalue weighted by Gasteiger charge is 2.19. The largest absolute Gasteiger partial charge is 0.395 e. The Balaban J connectivity index is 2.43. The molecular formula is C13H12F2N2O2S. The lowest BCUT2D eigenvalue weighted by Crippen LogP contribution is -2.15. The van der Waals surface area contributed by atoms with Crippen molar-refractivity contribution in [3.05, 3.63) is 53.6 Å². The van der Waals surface area contributed by atoms with Crippen molar-refractivity contribution >= 4 is 21.4 Å². The second-order valence-corrected chi connectivity index (χ2v) is 5.93. The molecule has 0 bridgehead atoms. The van der Waals surface area contributed by atoms with Crippen LogP contribution >= 0.6 is 0 Å². The van der Waals surface area contributed by atoms with Crippen molar-refractivity contribution < 1.29 is 17.2 Å². The zero-order valence-corrected chi connectivity index (χ0v) is 11.3. The van der Waals surface area contributed by atoms with Gasteiger partial charge in [0.25, 0.3) is 10.0 Å². The van der Waals surface area contributed by atoms with E-state index in [4.69, 9.17) is 5.73 Å². The quantitative estimate of drug-likeness (QED) is 0.856. The molecule has 3 N–H and O–H groups in total. The van der Waals surface area contributed by atoms with Crippen LogP contribution in [0.2, 0.25) is 0 Å². The third-order valence-electron chi connectivity index (χ3n) is 2.60. The number of nitrogen functional groups attached to an aromatic ring is 1. The molecule has 0 aliphatic heterocycles. The van der Waals surface area contributed by atoms with Crippen LogP contribution in [0, 0.1) is 18.6 Å². The summed E-state index contributed by atoms with van der Waals surface area (Å²) >= 11 is 0. The molecule has 2 aromatic rings. The molecule has 0 aliphatic rings. The van der Waals surface area contributed by atoms with E-state index in [1.54, 1.807) is 6.92 Å². The topological polar surface area (TPSA) is 72.2 Å². The van der Waals surface area contributed by atoms with Gasteiger partial charge in [-0.2, -0.15) is 0 Å². The van der Waals surface area contributed by atoms with Gasteiger partial charge in [0.2, 0.25) is 0 Å². The molecule has 0 fully saturated rings. The van der Waals surface area contributed by atoms with Crippen LogP contribution in [0.4, 0.5) is 20.2 Å². The summed E-state index contributed by atoms with van der Waals surface area (Å²) in [5.74, 6) is -1.40. The number of sulfonamides is 1. The van der Waals surface area contributed by atoms with Gasteiger partial charge < -0.3 is 5.73 Å². The highest BCUT2D eigenvalue weighted by Crippen LogP contribution is 2.24. The zero-order chi connectivity index (χ0) is 14.9. The van der Waals surface area contributed by atoms with E-state index in [0.717, 1.165) is 12.1 Å². The maximum atomic E-state index is 13.3. The van der Waals surface area contributed by atoms with Gasteiger partial charge in [-0.3, -0.25) is 4.72 Å². The summed E-state index contributed by atoms with van der Waals surface area (Å²) in [4.78, 5) is -0.389. The van der Waals surface area contributed by atoms with Gasteiger partial charge in [0, 0.05) is 0 Å². The number of para-hydroxylation sites is 1. The Labute approximate surface area is 115 Å². The van der Waals surface area contributed by atoms with E-state index in [9.17, 15) is 17.2 Å². The SMILES string of the molecule is Cc1cc(F)cc(NS(=O)(=O)c2cccc(F)c2N)c1. The van der Waals surface area contributed by atoms with Gasteiger partial charge in [-0.05, 0) is 42.8 Å².